The molecule has 168 valence electrons. The van der Waals surface area contributed by atoms with Gasteiger partial charge in [0.25, 0.3) is 5.91 Å². The lowest BCUT2D eigenvalue weighted by Crippen LogP contribution is -2.49. The van der Waals surface area contributed by atoms with Gasteiger partial charge in [0.2, 0.25) is 5.88 Å². The maximum Gasteiger partial charge on any atom is 0.573 e. The first-order valence-electron chi connectivity index (χ1n) is 9.66. The van der Waals surface area contributed by atoms with Crippen molar-refractivity contribution >= 4 is 17.5 Å². The maximum atomic E-state index is 13.2. The minimum absolute atomic E-state index is 0.0589. The van der Waals surface area contributed by atoms with Crippen LogP contribution in [0.25, 0.3) is 11.3 Å². The smallest absolute Gasteiger partial charge is 0.508 e. The van der Waals surface area contributed by atoms with Gasteiger partial charge < -0.3 is 29.9 Å². The van der Waals surface area contributed by atoms with Gasteiger partial charge in [-0.05, 0) is 36.4 Å². The fraction of sp³-hybridized carbons (Fsp3) is 0.238. The predicted octanol–water partition coefficient (Wildman–Crippen LogP) is 3.49. The van der Waals surface area contributed by atoms with Crippen molar-refractivity contribution in [1.29, 1.82) is 0 Å². The third kappa shape index (κ3) is 4.41. The summed E-state index contributed by atoms with van der Waals surface area (Å²) in [7, 11) is 0. The van der Waals surface area contributed by atoms with E-state index in [9.17, 15) is 23.1 Å². The summed E-state index contributed by atoms with van der Waals surface area (Å²) in [6, 6.07) is 12.1. The molecule has 1 aliphatic heterocycles. The van der Waals surface area contributed by atoms with Crippen molar-refractivity contribution in [1.82, 2.24) is 10.1 Å². The zero-order chi connectivity index (χ0) is 22.9. The van der Waals surface area contributed by atoms with Crippen molar-refractivity contribution in [2.75, 3.05) is 36.8 Å². The van der Waals surface area contributed by atoms with Crippen LogP contribution in [-0.2, 0) is 0 Å². The SMILES string of the molecule is Nc1onc(-c2ccccc2OC(F)(F)F)c1C(=O)N1CCN(c2ccc(O)cc2)CC1. The Morgan fingerprint density at radius 3 is 2.38 bits per heavy atom. The highest BCUT2D eigenvalue weighted by Crippen LogP contribution is 2.37. The number of alkyl halides is 3. The average Bonchev–Trinajstić information content (AvgIpc) is 3.14. The van der Waals surface area contributed by atoms with Gasteiger partial charge >= 0.3 is 6.36 Å². The number of benzene rings is 2. The molecule has 2 heterocycles. The monoisotopic (exact) mass is 448 g/mol. The van der Waals surface area contributed by atoms with Gasteiger partial charge in [0.05, 0.1) is 0 Å². The Balaban J connectivity index is 1.56. The predicted molar refractivity (Wildman–Crippen MR) is 109 cm³/mol. The van der Waals surface area contributed by atoms with E-state index in [1.165, 1.54) is 23.1 Å². The number of piperazine rings is 1. The Morgan fingerprint density at radius 1 is 1.06 bits per heavy atom. The fourth-order valence-electron chi connectivity index (χ4n) is 3.56. The number of anilines is 2. The number of carbonyl (C=O) groups is 1. The Bertz CT molecular complexity index is 1110. The topological polar surface area (TPSA) is 105 Å². The standard InChI is InChI=1S/C21H19F3N4O4/c22-21(23,24)31-16-4-2-1-3-15(16)18-17(19(25)32-26-18)20(30)28-11-9-27(10-12-28)13-5-7-14(29)8-6-13/h1-8,29H,9-12,25H2. The molecular formula is C21H19F3N4O4. The molecule has 3 N–H and O–H groups in total. The average molecular weight is 448 g/mol. The second kappa shape index (κ2) is 8.33. The number of hydrogen-bond donors (Lipinski definition) is 2. The number of aromatic hydroxyl groups is 1. The third-order valence-electron chi connectivity index (χ3n) is 5.08. The molecule has 32 heavy (non-hydrogen) atoms. The minimum atomic E-state index is -4.92. The summed E-state index contributed by atoms with van der Waals surface area (Å²) in [5.74, 6) is -1.13. The number of carbonyl (C=O) groups excluding carboxylic acids is 1. The summed E-state index contributed by atoms with van der Waals surface area (Å²) >= 11 is 0. The third-order valence-corrected chi connectivity index (χ3v) is 5.08. The second-order valence-electron chi connectivity index (χ2n) is 7.11. The first-order chi connectivity index (χ1) is 15.2. The van der Waals surface area contributed by atoms with Gasteiger partial charge in [-0.1, -0.05) is 17.3 Å². The van der Waals surface area contributed by atoms with Crippen LogP contribution in [0.4, 0.5) is 24.7 Å². The number of nitrogens with two attached hydrogens (primary N) is 1. The van der Waals surface area contributed by atoms with E-state index in [-0.39, 0.29) is 28.5 Å². The number of para-hydroxylation sites is 1. The van der Waals surface area contributed by atoms with Crippen molar-refractivity contribution in [2.45, 2.75) is 6.36 Å². The molecule has 2 aromatic carbocycles. The van der Waals surface area contributed by atoms with Crippen molar-refractivity contribution in [3.8, 4) is 22.8 Å². The molecule has 3 aromatic rings. The van der Waals surface area contributed by atoms with Gasteiger partial charge in [-0.15, -0.1) is 13.2 Å². The lowest BCUT2D eigenvalue weighted by atomic mass is 10.0. The molecule has 0 atom stereocenters. The van der Waals surface area contributed by atoms with E-state index in [0.29, 0.717) is 26.2 Å². The Labute approximate surface area is 180 Å². The largest absolute Gasteiger partial charge is 0.573 e. The van der Waals surface area contributed by atoms with E-state index in [4.69, 9.17) is 10.3 Å². The lowest BCUT2D eigenvalue weighted by Gasteiger charge is -2.36. The van der Waals surface area contributed by atoms with Crippen LogP contribution in [0.5, 0.6) is 11.5 Å². The van der Waals surface area contributed by atoms with Crippen molar-refractivity contribution in [3.05, 3.63) is 54.1 Å². The number of phenolic OH excluding ortho intramolecular Hbond substituents is 1. The van der Waals surface area contributed by atoms with E-state index in [2.05, 4.69) is 9.89 Å². The Hall–Kier alpha value is -3.89. The van der Waals surface area contributed by atoms with E-state index >= 15 is 0 Å². The number of ether oxygens (including phenoxy) is 1. The fourth-order valence-corrected chi connectivity index (χ4v) is 3.56. The second-order valence-corrected chi connectivity index (χ2v) is 7.11. The van der Waals surface area contributed by atoms with Crippen LogP contribution in [-0.4, -0.2) is 53.6 Å². The number of rotatable bonds is 4. The molecule has 0 saturated carbocycles. The number of phenols is 1. The summed E-state index contributed by atoms with van der Waals surface area (Å²) in [5, 5.41) is 13.2. The molecule has 0 aliphatic carbocycles. The number of amides is 1. The molecule has 1 saturated heterocycles. The molecule has 8 nitrogen and oxygen atoms in total. The maximum absolute atomic E-state index is 13.2. The van der Waals surface area contributed by atoms with Crippen LogP contribution in [0, 0.1) is 0 Å². The van der Waals surface area contributed by atoms with Crippen LogP contribution in [0.3, 0.4) is 0 Å². The zero-order valence-corrected chi connectivity index (χ0v) is 16.7. The summed E-state index contributed by atoms with van der Waals surface area (Å²) < 4.78 is 47.5. The van der Waals surface area contributed by atoms with Crippen molar-refractivity contribution < 1.29 is 32.3 Å². The number of nitrogens with zero attached hydrogens (tertiary/aromatic N) is 3. The number of hydrogen-bond acceptors (Lipinski definition) is 7. The lowest BCUT2D eigenvalue weighted by molar-refractivity contribution is -0.274. The summed E-state index contributed by atoms with van der Waals surface area (Å²) in [5.41, 5.74) is 6.44. The van der Waals surface area contributed by atoms with Gasteiger partial charge in [-0.25, -0.2) is 0 Å². The molecule has 1 aromatic heterocycles. The van der Waals surface area contributed by atoms with Crippen LogP contribution in [0.2, 0.25) is 0 Å². The van der Waals surface area contributed by atoms with E-state index in [1.807, 2.05) is 4.90 Å². The molecule has 4 rings (SSSR count). The highest BCUT2D eigenvalue weighted by Gasteiger charge is 2.35. The van der Waals surface area contributed by atoms with Gasteiger partial charge in [0, 0.05) is 37.4 Å². The van der Waals surface area contributed by atoms with Gasteiger partial charge in [-0.2, -0.15) is 0 Å². The molecular weight excluding hydrogens is 429 g/mol. The number of aromatic nitrogens is 1. The van der Waals surface area contributed by atoms with Crippen LogP contribution in [0.1, 0.15) is 10.4 Å². The summed E-state index contributed by atoms with van der Waals surface area (Å²) in [6.07, 6.45) is -4.92. The first kappa shape index (κ1) is 21.3. The van der Waals surface area contributed by atoms with Gasteiger partial charge in [0.15, 0.2) is 0 Å². The normalized spacial score (nSPS) is 14.5. The van der Waals surface area contributed by atoms with Crippen LogP contribution >= 0.6 is 0 Å². The van der Waals surface area contributed by atoms with Gasteiger partial charge in [-0.3, -0.25) is 4.79 Å². The summed E-state index contributed by atoms with van der Waals surface area (Å²) in [4.78, 5) is 16.8. The number of nitrogen functional groups attached to an aromatic ring is 1. The molecule has 1 aliphatic rings. The number of halogens is 3. The molecule has 0 bridgehead atoms. The van der Waals surface area contributed by atoms with Crippen LogP contribution in [0.15, 0.2) is 53.1 Å². The molecule has 1 fully saturated rings. The van der Waals surface area contributed by atoms with Crippen molar-refractivity contribution in [3.63, 3.8) is 0 Å². The molecule has 1 amide bonds. The molecule has 0 unspecified atom stereocenters. The first-order valence-corrected chi connectivity index (χ1v) is 9.66. The summed E-state index contributed by atoms with van der Waals surface area (Å²) in [6.45, 7) is 1.74. The van der Waals surface area contributed by atoms with E-state index in [1.54, 1.807) is 24.3 Å². The van der Waals surface area contributed by atoms with E-state index < -0.39 is 18.0 Å². The highest BCUT2D eigenvalue weighted by atomic mass is 19.4. The van der Waals surface area contributed by atoms with Crippen molar-refractivity contribution in [2.24, 2.45) is 0 Å². The minimum Gasteiger partial charge on any atom is -0.508 e. The molecule has 0 spiro atoms. The Kier molecular flexibility index (Phi) is 5.56. The molecule has 11 heteroatoms. The zero-order valence-electron chi connectivity index (χ0n) is 16.7. The molecule has 0 radical (unpaired) electrons. The van der Waals surface area contributed by atoms with E-state index in [0.717, 1.165) is 11.8 Å². The van der Waals surface area contributed by atoms with Gasteiger partial charge in [0.1, 0.15) is 22.8 Å². The quantitative estimate of drug-likeness (QED) is 0.630. The Morgan fingerprint density at radius 2 is 1.72 bits per heavy atom. The van der Waals surface area contributed by atoms with Crippen LogP contribution < -0.4 is 15.4 Å². The highest BCUT2D eigenvalue weighted by molar-refractivity contribution is 6.04.